The number of ether oxygens (including phenoxy) is 2. The number of carbonyl (C=O) groups is 2. The molecule has 2 atom stereocenters. The summed E-state index contributed by atoms with van der Waals surface area (Å²) in [6.45, 7) is 3.03. The highest BCUT2D eigenvalue weighted by Crippen LogP contribution is 2.17. The summed E-state index contributed by atoms with van der Waals surface area (Å²) in [5, 5.41) is 3.35. The number of para-hydroxylation sites is 1. The Morgan fingerprint density at radius 3 is 2.48 bits per heavy atom. The van der Waals surface area contributed by atoms with Crippen LogP contribution in [-0.2, 0) is 14.3 Å². The Kier molecular flexibility index (Phi) is 6.83. The van der Waals surface area contributed by atoms with E-state index in [-0.39, 0.29) is 12.6 Å². The van der Waals surface area contributed by atoms with E-state index in [1.165, 1.54) is 0 Å². The van der Waals surface area contributed by atoms with Crippen molar-refractivity contribution in [1.29, 1.82) is 0 Å². The minimum absolute atomic E-state index is 0.247. The molecule has 1 N–H and O–H groups in total. The number of esters is 1. The predicted molar refractivity (Wildman–Crippen MR) is 95.5 cm³/mol. The zero-order valence-corrected chi connectivity index (χ0v) is 14.8. The number of hydrogen-bond acceptors (Lipinski definition) is 4. The average Bonchev–Trinajstić information content (AvgIpc) is 2.60. The predicted octanol–water partition coefficient (Wildman–Crippen LogP) is 3.53. The van der Waals surface area contributed by atoms with E-state index in [1.54, 1.807) is 43.3 Å². The lowest BCUT2D eigenvalue weighted by Crippen LogP contribution is -2.34. The Morgan fingerprint density at radius 1 is 1.08 bits per heavy atom. The summed E-state index contributed by atoms with van der Waals surface area (Å²) in [7, 11) is 0. The first-order valence-corrected chi connectivity index (χ1v) is 8.26. The SMILES string of the molecule is C[C@H](Oc1ccccc1)C(=O)OCC(=O)N[C@H](C)c1cccc(Cl)c1. The maximum atomic E-state index is 11.9. The van der Waals surface area contributed by atoms with Gasteiger partial charge in [-0.2, -0.15) is 0 Å². The standard InChI is InChI=1S/C19H20ClNO4/c1-13(15-7-6-8-16(20)11-15)21-18(22)12-24-19(23)14(2)25-17-9-4-3-5-10-17/h3-11,13-14H,12H2,1-2H3,(H,21,22)/t13-,14+/m1/s1. The molecule has 0 fully saturated rings. The van der Waals surface area contributed by atoms with Crippen molar-refractivity contribution in [3.63, 3.8) is 0 Å². The highest BCUT2D eigenvalue weighted by atomic mass is 35.5. The van der Waals surface area contributed by atoms with Crippen molar-refractivity contribution in [2.24, 2.45) is 0 Å². The van der Waals surface area contributed by atoms with Crippen molar-refractivity contribution in [3.05, 3.63) is 65.2 Å². The van der Waals surface area contributed by atoms with Gasteiger partial charge in [-0.05, 0) is 43.7 Å². The van der Waals surface area contributed by atoms with E-state index >= 15 is 0 Å². The van der Waals surface area contributed by atoms with Crippen LogP contribution in [0.5, 0.6) is 5.75 Å². The molecule has 0 aliphatic carbocycles. The molecular weight excluding hydrogens is 342 g/mol. The van der Waals surface area contributed by atoms with Crippen LogP contribution >= 0.6 is 11.6 Å². The second kappa shape index (κ2) is 9.08. The van der Waals surface area contributed by atoms with Crippen molar-refractivity contribution in [2.75, 3.05) is 6.61 Å². The van der Waals surface area contributed by atoms with Crippen LogP contribution in [-0.4, -0.2) is 24.6 Å². The molecule has 0 radical (unpaired) electrons. The monoisotopic (exact) mass is 361 g/mol. The van der Waals surface area contributed by atoms with Crippen LogP contribution in [0.15, 0.2) is 54.6 Å². The molecule has 132 valence electrons. The highest BCUT2D eigenvalue weighted by molar-refractivity contribution is 6.30. The summed E-state index contributed by atoms with van der Waals surface area (Å²) in [6, 6.07) is 15.9. The van der Waals surface area contributed by atoms with Gasteiger partial charge in [0.05, 0.1) is 6.04 Å². The fourth-order valence-electron chi connectivity index (χ4n) is 2.15. The molecular formula is C19H20ClNO4. The fourth-order valence-corrected chi connectivity index (χ4v) is 2.35. The number of benzene rings is 2. The number of carbonyl (C=O) groups excluding carboxylic acids is 2. The van der Waals surface area contributed by atoms with Crippen LogP contribution in [0.2, 0.25) is 5.02 Å². The van der Waals surface area contributed by atoms with E-state index in [0.29, 0.717) is 10.8 Å². The number of amides is 1. The van der Waals surface area contributed by atoms with Gasteiger partial charge in [-0.1, -0.05) is 41.9 Å². The van der Waals surface area contributed by atoms with E-state index in [9.17, 15) is 9.59 Å². The Bertz CT molecular complexity index is 720. The third-order valence-corrected chi connectivity index (χ3v) is 3.69. The third kappa shape index (κ3) is 6.12. The molecule has 25 heavy (non-hydrogen) atoms. The van der Waals surface area contributed by atoms with E-state index in [1.807, 2.05) is 25.1 Å². The van der Waals surface area contributed by atoms with Gasteiger partial charge in [0.15, 0.2) is 12.7 Å². The van der Waals surface area contributed by atoms with Crippen molar-refractivity contribution in [2.45, 2.75) is 26.0 Å². The lowest BCUT2D eigenvalue weighted by atomic mass is 10.1. The summed E-state index contributed by atoms with van der Waals surface area (Å²) in [5.41, 5.74) is 0.868. The van der Waals surface area contributed by atoms with Gasteiger partial charge in [0, 0.05) is 5.02 Å². The molecule has 0 bridgehead atoms. The van der Waals surface area contributed by atoms with Gasteiger partial charge in [0.2, 0.25) is 0 Å². The Labute approximate surface area is 151 Å². The second-order valence-electron chi connectivity index (χ2n) is 5.53. The molecule has 6 heteroatoms. The van der Waals surface area contributed by atoms with E-state index in [2.05, 4.69) is 5.32 Å². The number of hydrogen-bond donors (Lipinski definition) is 1. The molecule has 0 saturated heterocycles. The van der Waals surface area contributed by atoms with Gasteiger partial charge in [0.1, 0.15) is 5.75 Å². The van der Waals surface area contributed by atoms with Crippen molar-refractivity contribution >= 4 is 23.5 Å². The first-order chi connectivity index (χ1) is 12.0. The zero-order valence-electron chi connectivity index (χ0n) is 14.1. The molecule has 2 aromatic rings. The van der Waals surface area contributed by atoms with Crippen LogP contribution in [0.4, 0.5) is 0 Å². The molecule has 0 aromatic heterocycles. The summed E-state index contributed by atoms with van der Waals surface area (Å²) in [6.07, 6.45) is -0.805. The van der Waals surface area contributed by atoms with Crippen LogP contribution in [0.3, 0.4) is 0 Å². The maximum Gasteiger partial charge on any atom is 0.347 e. The molecule has 5 nitrogen and oxygen atoms in total. The molecule has 0 unspecified atom stereocenters. The highest BCUT2D eigenvalue weighted by Gasteiger charge is 2.18. The van der Waals surface area contributed by atoms with Crippen LogP contribution in [0.1, 0.15) is 25.5 Å². The third-order valence-electron chi connectivity index (χ3n) is 3.46. The minimum Gasteiger partial charge on any atom is -0.479 e. The summed E-state index contributed by atoms with van der Waals surface area (Å²) >= 11 is 5.93. The quantitative estimate of drug-likeness (QED) is 0.766. The van der Waals surface area contributed by atoms with Gasteiger partial charge in [-0.25, -0.2) is 4.79 Å². The molecule has 0 spiro atoms. The normalized spacial score (nSPS) is 12.8. The minimum atomic E-state index is -0.805. The van der Waals surface area contributed by atoms with E-state index in [0.717, 1.165) is 5.56 Å². The number of halogens is 1. The number of rotatable bonds is 7. The van der Waals surface area contributed by atoms with E-state index in [4.69, 9.17) is 21.1 Å². The smallest absolute Gasteiger partial charge is 0.347 e. The maximum absolute atomic E-state index is 11.9. The van der Waals surface area contributed by atoms with Gasteiger partial charge in [0.25, 0.3) is 5.91 Å². The average molecular weight is 362 g/mol. The molecule has 0 heterocycles. The number of nitrogens with one attached hydrogen (secondary N) is 1. The largest absolute Gasteiger partial charge is 0.479 e. The van der Waals surface area contributed by atoms with Crippen LogP contribution in [0, 0.1) is 0 Å². The van der Waals surface area contributed by atoms with E-state index < -0.39 is 18.0 Å². The van der Waals surface area contributed by atoms with Crippen molar-refractivity contribution in [1.82, 2.24) is 5.32 Å². The first kappa shape index (κ1) is 18.8. The molecule has 2 rings (SSSR count). The van der Waals surface area contributed by atoms with Gasteiger partial charge >= 0.3 is 5.97 Å². The molecule has 1 amide bonds. The lowest BCUT2D eigenvalue weighted by Gasteiger charge is -2.16. The lowest BCUT2D eigenvalue weighted by molar-refractivity contribution is -0.154. The van der Waals surface area contributed by atoms with Crippen LogP contribution in [0.25, 0.3) is 0 Å². The molecule has 2 aromatic carbocycles. The zero-order chi connectivity index (χ0) is 18.2. The fraction of sp³-hybridized carbons (Fsp3) is 0.263. The molecule has 0 saturated carbocycles. The summed E-state index contributed by atoms with van der Waals surface area (Å²) in [5.74, 6) is -0.437. The Morgan fingerprint density at radius 2 is 1.80 bits per heavy atom. The van der Waals surface area contributed by atoms with Gasteiger partial charge in [-0.3, -0.25) is 4.79 Å². The summed E-state index contributed by atoms with van der Waals surface area (Å²) < 4.78 is 10.4. The van der Waals surface area contributed by atoms with Gasteiger partial charge in [-0.15, -0.1) is 0 Å². The Hall–Kier alpha value is -2.53. The first-order valence-electron chi connectivity index (χ1n) is 7.89. The molecule has 0 aliphatic rings. The van der Waals surface area contributed by atoms with Crippen LogP contribution < -0.4 is 10.1 Å². The van der Waals surface area contributed by atoms with Crippen molar-refractivity contribution < 1.29 is 19.1 Å². The van der Waals surface area contributed by atoms with Gasteiger partial charge < -0.3 is 14.8 Å². The summed E-state index contributed by atoms with van der Waals surface area (Å²) in [4.78, 5) is 23.8. The molecule has 0 aliphatic heterocycles. The topological polar surface area (TPSA) is 64.6 Å². The Balaban J connectivity index is 1.78. The van der Waals surface area contributed by atoms with Crippen molar-refractivity contribution in [3.8, 4) is 5.75 Å². The second-order valence-corrected chi connectivity index (χ2v) is 5.96.